The van der Waals surface area contributed by atoms with Gasteiger partial charge in [-0.2, -0.15) is 0 Å². The van der Waals surface area contributed by atoms with Crippen LogP contribution in [-0.2, 0) is 17.8 Å². The molecule has 0 aliphatic carbocycles. The van der Waals surface area contributed by atoms with Crippen LogP contribution in [0.5, 0.6) is 17.2 Å². The maximum absolute atomic E-state index is 12.4. The molecule has 6 nitrogen and oxygen atoms in total. The molecule has 1 atom stereocenters. The molecule has 1 amide bonds. The summed E-state index contributed by atoms with van der Waals surface area (Å²) in [7, 11) is 1.67. The second kappa shape index (κ2) is 7.88. The number of nitrogens with one attached hydrogen (secondary N) is 1. The van der Waals surface area contributed by atoms with Crippen molar-refractivity contribution in [2.24, 2.45) is 0 Å². The third-order valence-corrected chi connectivity index (χ3v) is 4.97. The predicted octanol–water partition coefficient (Wildman–Crippen LogP) is 2.01. The van der Waals surface area contributed by atoms with Crippen molar-refractivity contribution in [1.29, 1.82) is 0 Å². The molecule has 2 aromatic carbocycles. The fourth-order valence-electron chi connectivity index (χ4n) is 3.50. The largest absolute Gasteiger partial charge is 0.497 e. The average Bonchev–Trinajstić information content (AvgIpc) is 2.71. The fourth-order valence-corrected chi connectivity index (χ4v) is 3.50. The molecule has 2 aliphatic rings. The van der Waals surface area contributed by atoms with Crippen molar-refractivity contribution in [2.45, 2.75) is 19.1 Å². The van der Waals surface area contributed by atoms with Gasteiger partial charge >= 0.3 is 0 Å². The van der Waals surface area contributed by atoms with E-state index in [9.17, 15) is 4.79 Å². The summed E-state index contributed by atoms with van der Waals surface area (Å²) in [6, 6.07) is 13.7. The summed E-state index contributed by atoms with van der Waals surface area (Å²) in [5, 5.41) is 2.97. The van der Waals surface area contributed by atoms with Crippen LogP contribution in [0.4, 0.5) is 0 Å². The van der Waals surface area contributed by atoms with Crippen LogP contribution in [0.15, 0.2) is 42.5 Å². The number of hydrogen-bond donors (Lipinski definition) is 1. The minimum atomic E-state index is -0.171. The Morgan fingerprint density at radius 1 is 1.22 bits per heavy atom. The Labute approximate surface area is 159 Å². The monoisotopic (exact) mass is 368 g/mol. The molecule has 6 heteroatoms. The Morgan fingerprint density at radius 3 is 2.93 bits per heavy atom. The Bertz CT molecular complexity index is 824. The van der Waals surface area contributed by atoms with Gasteiger partial charge in [0.25, 0.3) is 0 Å². The molecule has 1 unspecified atom stereocenters. The van der Waals surface area contributed by atoms with E-state index in [1.165, 1.54) is 11.1 Å². The quantitative estimate of drug-likeness (QED) is 0.875. The van der Waals surface area contributed by atoms with Crippen molar-refractivity contribution >= 4 is 5.91 Å². The average molecular weight is 368 g/mol. The second-order valence-corrected chi connectivity index (χ2v) is 6.90. The zero-order valence-electron chi connectivity index (χ0n) is 15.4. The van der Waals surface area contributed by atoms with Crippen molar-refractivity contribution in [1.82, 2.24) is 10.2 Å². The first-order valence-corrected chi connectivity index (χ1v) is 9.24. The van der Waals surface area contributed by atoms with E-state index in [0.29, 0.717) is 19.7 Å². The molecule has 0 spiro atoms. The number of carbonyl (C=O) groups is 1. The summed E-state index contributed by atoms with van der Waals surface area (Å²) < 4.78 is 16.9. The highest BCUT2D eigenvalue weighted by molar-refractivity contribution is 5.78. The van der Waals surface area contributed by atoms with E-state index in [1.807, 2.05) is 30.3 Å². The van der Waals surface area contributed by atoms with Crippen molar-refractivity contribution in [3.63, 3.8) is 0 Å². The molecular formula is C21H24N2O4. The Kier molecular flexibility index (Phi) is 5.16. The molecule has 2 aliphatic heterocycles. The van der Waals surface area contributed by atoms with Crippen molar-refractivity contribution in [3.8, 4) is 17.2 Å². The predicted molar refractivity (Wildman–Crippen MR) is 101 cm³/mol. The number of carbonyl (C=O) groups excluding carboxylic acids is 1. The lowest BCUT2D eigenvalue weighted by atomic mass is 9.99. The summed E-state index contributed by atoms with van der Waals surface area (Å²) >= 11 is 0. The van der Waals surface area contributed by atoms with Crippen LogP contribution in [0, 0.1) is 0 Å². The molecule has 0 saturated heterocycles. The third kappa shape index (κ3) is 4.17. The molecular weight excluding hydrogens is 344 g/mol. The van der Waals surface area contributed by atoms with E-state index in [0.717, 1.165) is 36.8 Å². The topological polar surface area (TPSA) is 60.0 Å². The normalized spacial score (nSPS) is 18.5. The number of ether oxygens (including phenoxy) is 3. The Morgan fingerprint density at radius 2 is 2.07 bits per heavy atom. The van der Waals surface area contributed by atoms with E-state index in [1.54, 1.807) is 7.11 Å². The van der Waals surface area contributed by atoms with E-state index >= 15 is 0 Å². The van der Waals surface area contributed by atoms with Crippen molar-refractivity contribution in [3.05, 3.63) is 53.6 Å². The van der Waals surface area contributed by atoms with Gasteiger partial charge in [0.2, 0.25) is 5.91 Å². The number of nitrogens with zero attached hydrogens (tertiary/aromatic N) is 1. The first-order valence-electron chi connectivity index (χ1n) is 9.24. The third-order valence-electron chi connectivity index (χ3n) is 4.97. The number of amides is 1. The number of para-hydroxylation sites is 2. The molecule has 4 rings (SSSR count). The van der Waals surface area contributed by atoms with Gasteiger partial charge in [0.1, 0.15) is 18.5 Å². The van der Waals surface area contributed by atoms with Crippen LogP contribution >= 0.6 is 0 Å². The SMILES string of the molecule is COc1ccc2c(c1)CN(CC(=O)NCC1COc3ccccc3O1)CC2. The summed E-state index contributed by atoms with van der Waals surface area (Å²) in [6.45, 7) is 2.89. The molecule has 1 N–H and O–H groups in total. The van der Waals surface area contributed by atoms with Gasteiger partial charge in [0.15, 0.2) is 11.5 Å². The highest BCUT2D eigenvalue weighted by Gasteiger charge is 2.22. The minimum absolute atomic E-state index is 0.00352. The number of rotatable bonds is 5. The second-order valence-electron chi connectivity index (χ2n) is 6.90. The van der Waals surface area contributed by atoms with Gasteiger partial charge in [-0.3, -0.25) is 9.69 Å². The molecule has 0 fully saturated rings. The minimum Gasteiger partial charge on any atom is -0.497 e. The molecule has 2 heterocycles. The van der Waals surface area contributed by atoms with E-state index < -0.39 is 0 Å². The highest BCUT2D eigenvalue weighted by atomic mass is 16.6. The fraction of sp³-hybridized carbons (Fsp3) is 0.381. The van der Waals surface area contributed by atoms with Crippen LogP contribution in [0.1, 0.15) is 11.1 Å². The van der Waals surface area contributed by atoms with E-state index in [2.05, 4.69) is 22.3 Å². The highest BCUT2D eigenvalue weighted by Crippen LogP contribution is 2.30. The van der Waals surface area contributed by atoms with Gasteiger partial charge in [-0.25, -0.2) is 0 Å². The Balaban J connectivity index is 1.26. The lowest BCUT2D eigenvalue weighted by Crippen LogP contribution is -2.45. The van der Waals surface area contributed by atoms with Crippen molar-refractivity contribution < 1.29 is 19.0 Å². The lowest BCUT2D eigenvalue weighted by Gasteiger charge is -2.29. The zero-order valence-corrected chi connectivity index (χ0v) is 15.4. The number of methoxy groups -OCH3 is 1. The standard InChI is InChI=1S/C21H24N2O4/c1-25-17-7-6-15-8-9-23(12-16(15)10-17)13-21(24)22-11-18-14-26-19-4-2-3-5-20(19)27-18/h2-7,10,18H,8-9,11-14H2,1H3,(H,22,24). The summed E-state index contributed by atoms with van der Waals surface area (Å²) in [6.07, 6.45) is 0.776. The number of fused-ring (bicyclic) bond motifs is 2. The Hall–Kier alpha value is -2.73. The zero-order chi connectivity index (χ0) is 18.6. The van der Waals surface area contributed by atoms with Gasteiger partial charge in [-0.15, -0.1) is 0 Å². The lowest BCUT2D eigenvalue weighted by molar-refractivity contribution is -0.123. The maximum Gasteiger partial charge on any atom is 0.234 e. The van der Waals surface area contributed by atoms with Crippen LogP contribution in [-0.4, -0.2) is 50.3 Å². The number of benzene rings is 2. The van der Waals surface area contributed by atoms with Crippen LogP contribution in [0.3, 0.4) is 0 Å². The van der Waals surface area contributed by atoms with Gasteiger partial charge in [-0.1, -0.05) is 18.2 Å². The summed E-state index contributed by atoms with van der Waals surface area (Å²) in [4.78, 5) is 14.5. The maximum atomic E-state index is 12.4. The van der Waals surface area contributed by atoms with Crippen LogP contribution in [0.2, 0.25) is 0 Å². The van der Waals surface area contributed by atoms with Gasteiger partial charge < -0.3 is 19.5 Å². The molecule has 0 saturated carbocycles. The first-order chi connectivity index (χ1) is 13.2. The number of hydrogen-bond acceptors (Lipinski definition) is 5. The molecule has 2 aromatic rings. The molecule has 0 aromatic heterocycles. The van der Waals surface area contributed by atoms with Crippen LogP contribution in [0.25, 0.3) is 0 Å². The van der Waals surface area contributed by atoms with E-state index in [-0.39, 0.29) is 12.0 Å². The van der Waals surface area contributed by atoms with Gasteiger partial charge in [0, 0.05) is 13.1 Å². The van der Waals surface area contributed by atoms with E-state index in [4.69, 9.17) is 14.2 Å². The molecule has 0 radical (unpaired) electrons. The first kappa shape index (κ1) is 17.7. The van der Waals surface area contributed by atoms with Crippen molar-refractivity contribution in [2.75, 3.05) is 33.4 Å². The molecule has 142 valence electrons. The van der Waals surface area contributed by atoms with Gasteiger partial charge in [-0.05, 0) is 41.8 Å². The summed E-state index contributed by atoms with van der Waals surface area (Å²) in [5.41, 5.74) is 2.56. The smallest absolute Gasteiger partial charge is 0.234 e. The van der Waals surface area contributed by atoms with Crippen LogP contribution < -0.4 is 19.5 Å². The molecule has 27 heavy (non-hydrogen) atoms. The molecule has 0 bridgehead atoms. The van der Waals surface area contributed by atoms with Gasteiger partial charge in [0.05, 0.1) is 20.2 Å². The summed E-state index contributed by atoms with van der Waals surface area (Å²) in [5.74, 6) is 2.34.